The van der Waals surface area contributed by atoms with Crippen LogP contribution in [0.5, 0.6) is 0 Å². The van der Waals surface area contributed by atoms with Crippen LogP contribution in [0.3, 0.4) is 0 Å². The Balaban J connectivity index is 1.29. The summed E-state index contributed by atoms with van der Waals surface area (Å²) in [6.45, 7) is 6.29. The normalized spacial score (nSPS) is 30.3. The van der Waals surface area contributed by atoms with Gasteiger partial charge in [0.1, 0.15) is 6.04 Å². The van der Waals surface area contributed by atoms with E-state index in [9.17, 15) is 4.79 Å². The van der Waals surface area contributed by atoms with E-state index in [1.807, 2.05) is 17.0 Å². The summed E-state index contributed by atoms with van der Waals surface area (Å²) < 4.78 is 0. The molecular formula is C18H26ClN5O. The number of piperazine rings is 1. The molecule has 0 aliphatic carbocycles. The average Bonchev–Trinajstić information content (AvgIpc) is 3.08. The van der Waals surface area contributed by atoms with Crippen molar-refractivity contribution >= 4 is 17.5 Å². The molecule has 0 saturated carbocycles. The van der Waals surface area contributed by atoms with Gasteiger partial charge in [-0.25, -0.2) is 5.43 Å². The third-order valence-electron chi connectivity index (χ3n) is 5.65. The molecular weight excluding hydrogens is 338 g/mol. The van der Waals surface area contributed by atoms with Crippen molar-refractivity contribution in [3.63, 3.8) is 0 Å². The first-order valence-electron chi connectivity index (χ1n) is 9.18. The number of hydrazine groups is 1. The zero-order valence-corrected chi connectivity index (χ0v) is 15.1. The Morgan fingerprint density at radius 1 is 1.12 bits per heavy atom. The highest BCUT2D eigenvalue weighted by Gasteiger charge is 2.42. The van der Waals surface area contributed by atoms with Crippen molar-refractivity contribution < 1.29 is 4.79 Å². The van der Waals surface area contributed by atoms with E-state index in [1.54, 1.807) is 0 Å². The van der Waals surface area contributed by atoms with Gasteiger partial charge in [-0.3, -0.25) is 15.1 Å². The maximum atomic E-state index is 12.9. The number of benzene rings is 1. The smallest absolute Gasteiger partial charge is 0.241 e. The molecule has 3 atom stereocenters. The third kappa shape index (κ3) is 3.83. The number of piperidine rings is 1. The second-order valence-electron chi connectivity index (χ2n) is 7.26. The van der Waals surface area contributed by atoms with E-state index in [1.165, 1.54) is 5.56 Å². The van der Waals surface area contributed by atoms with E-state index in [-0.39, 0.29) is 11.9 Å². The zero-order valence-electron chi connectivity index (χ0n) is 14.4. The quantitative estimate of drug-likeness (QED) is 0.727. The van der Waals surface area contributed by atoms with Gasteiger partial charge in [-0.1, -0.05) is 23.7 Å². The number of nitrogens with zero attached hydrogens (tertiary/aromatic N) is 2. The predicted octanol–water partition coefficient (Wildman–Crippen LogP) is 0.439. The summed E-state index contributed by atoms with van der Waals surface area (Å²) in [7, 11) is 0. The average molecular weight is 364 g/mol. The van der Waals surface area contributed by atoms with Crippen molar-refractivity contribution in [2.45, 2.75) is 25.0 Å². The molecule has 3 aliphatic heterocycles. The first-order valence-corrected chi connectivity index (χ1v) is 9.56. The second kappa shape index (κ2) is 7.60. The fourth-order valence-corrected chi connectivity index (χ4v) is 4.26. The van der Waals surface area contributed by atoms with Gasteiger partial charge in [0.15, 0.2) is 0 Å². The highest BCUT2D eigenvalue weighted by molar-refractivity contribution is 6.30. The van der Waals surface area contributed by atoms with Gasteiger partial charge in [0.2, 0.25) is 5.91 Å². The van der Waals surface area contributed by atoms with Gasteiger partial charge in [-0.05, 0) is 30.7 Å². The van der Waals surface area contributed by atoms with Crippen molar-refractivity contribution in [3.05, 3.63) is 34.9 Å². The zero-order chi connectivity index (χ0) is 17.2. The fraction of sp³-hybridized carbons (Fsp3) is 0.611. The number of nitrogens with one attached hydrogen (secondary N) is 3. The van der Waals surface area contributed by atoms with E-state index >= 15 is 0 Å². The second-order valence-corrected chi connectivity index (χ2v) is 7.69. The Bertz CT molecular complexity index is 602. The maximum Gasteiger partial charge on any atom is 0.241 e. The SMILES string of the molecule is O=C(C1NNC2CCNCC21)N1CCN(Cc2ccc(Cl)cc2)CC1. The molecule has 3 aliphatic rings. The number of carbonyl (C=O) groups excluding carboxylic acids is 1. The molecule has 3 saturated heterocycles. The van der Waals surface area contributed by atoms with Crippen LogP contribution in [-0.4, -0.2) is 67.1 Å². The van der Waals surface area contributed by atoms with Crippen LogP contribution in [0.2, 0.25) is 5.02 Å². The summed E-state index contributed by atoms with van der Waals surface area (Å²) in [6, 6.07) is 8.34. The van der Waals surface area contributed by atoms with Crippen LogP contribution in [0.1, 0.15) is 12.0 Å². The van der Waals surface area contributed by atoms with Gasteiger partial charge in [-0.15, -0.1) is 0 Å². The van der Waals surface area contributed by atoms with Crippen LogP contribution in [0, 0.1) is 5.92 Å². The van der Waals surface area contributed by atoms with Gasteiger partial charge >= 0.3 is 0 Å². The minimum Gasteiger partial charge on any atom is -0.339 e. The first kappa shape index (κ1) is 17.2. The van der Waals surface area contributed by atoms with E-state index in [2.05, 4.69) is 33.2 Å². The summed E-state index contributed by atoms with van der Waals surface area (Å²) in [5, 5.41) is 4.18. The number of amides is 1. The van der Waals surface area contributed by atoms with E-state index in [4.69, 9.17) is 11.6 Å². The number of halogens is 1. The van der Waals surface area contributed by atoms with Crippen LogP contribution < -0.4 is 16.2 Å². The van der Waals surface area contributed by atoms with Gasteiger partial charge in [-0.2, -0.15) is 0 Å². The standard InChI is InChI=1S/C18H26ClN5O/c19-14-3-1-13(2-4-14)12-23-7-9-24(10-8-23)18(25)17-15-11-20-6-5-16(15)21-22-17/h1-4,15-17,20-22H,5-12H2. The highest BCUT2D eigenvalue weighted by atomic mass is 35.5. The van der Waals surface area contributed by atoms with Gasteiger partial charge in [0, 0.05) is 56.3 Å². The molecule has 1 aromatic carbocycles. The molecule has 1 aromatic rings. The Kier molecular flexibility index (Phi) is 5.24. The molecule has 3 N–H and O–H groups in total. The molecule has 0 aromatic heterocycles. The first-order chi connectivity index (χ1) is 12.2. The van der Waals surface area contributed by atoms with Crippen molar-refractivity contribution in [3.8, 4) is 0 Å². The largest absolute Gasteiger partial charge is 0.339 e. The molecule has 3 unspecified atom stereocenters. The molecule has 0 bridgehead atoms. The van der Waals surface area contributed by atoms with Crippen molar-refractivity contribution in [1.29, 1.82) is 0 Å². The number of carbonyl (C=O) groups is 1. The van der Waals surface area contributed by atoms with Gasteiger partial charge < -0.3 is 10.2 Å². The monoisotopic (exact) mass is 363 g/mol. The molecule has 25 heavy (non-hydrogen) atoms. The summed E-state index contributed by atoms with van der Waals surface area (Å²) in [4.78, 5) is 17.3. The van der Waals surface area contributed by atoms with Crippen LogP contribution in [0.4, 0.5) is 0 Å². The maximum absolute atomic E-state index is 12.9. The topological polar surface area (TPSA) is 59.6 Å². The lowest BCUT2D eigenvalue weighted by Crippen LogP contribution is -2.55. The van der Waals surface area contributed by atoms with Gasteiger partial charge in [0.25, 0.3) is 0 Å². The summed E-state index contributed by atoms with van der Waals surface area (Å²) in [5.41, 5.74) is 7.83. The molecule has 3 heterocycles. The molecule has 1 amide bonds. The highest BCUT2D eigenvalue weighted by Crippen LogP contribution is 2.22. The molecule has 0 spiro atoms. The summed E-state index contributed by atoms with van der Waals surface area (Å²) in [6.07, 6.45) is 1.08. The number of hydrogen-bond donors (Lipinski definition) is 3. The predicted molar refractivity (Wildman–Crippen MR) is 98.1 cm³/mol. The fourth-order valence-electron chi connectivity index (χ4n) is 4.13. The Labute approximate surface area is 153 Å². The lowest BCUT2D eigenvalue weighted by atomic mass is 9.89. The number of rotatable bonds is 3. The van der Waals surface area contributed by atoms with Crippen LogP contribution in [0.15, 0.2) is 24.3 Å². The van der Waals surface area contributed by atoms with Crippen LogP contribution in [-0.2, 0) is 11.3 Å². The summed E-state index contributed by atoms with van der Waals surface area (Å²) >= 11 is 5.95. The van der Waals surface area contributed by atoms with Crippen molar-refractivity contribution in [1.82, 2.24) is 26.0 Å². The molecule has 6 nitrogen and oxygen atoms in total. The minimum absolute atomic E-state index is 0.0967. The Morgan fingerprint density at radius 2 is 1.88 bits per heavy atom. The third-order valence-corrected chi connectivity index (χ3v) is 5.90. The van der Waals surface area contributed by atoms with E-state index in [0.717, 1.165) is 57.3 Å². The Hall–Kier alpha value is -1.18. The van der Waals surface area contributed by atoms with E-state index < -0.39 is 0 Å². The van der Waals surface area contributed by atoms with E-state index in [0.29, 0.717) is 12.0 Å². The minimum atomic E-state index is -0.0967. The molecule has 0 radical (unpaired) electrons. The number of fused-ring (bicyclic) bond motifs is 1. The lowest BCUT2D eigenvalue weighted by Gasteiger charge is -2.37. The summed E-state index contributed by atoms with van der Waals surface area (Å²) in [5.74, 6) is 0.600. The Morgan fingerprint density at radius 3 is 2.64 bits per heavy atom. The molecule has 3 fully saturated rings. The molecule has 7 heteroatoms. The van der Waals surface area contributed by atoms with Crippen molar-refractivity contribution in [2.24, 2.45) is 5.92 Å². The molecule has 136 valence electrons. The lowest BCUT2D eigenvalue weighted by molar-refractivity contribution is -0.136. The molecule has 4 rings (SSSR count). The van der Waals surface area contributed by atoms with Crippen LogP contribution in [0.25, 0.3) is 0 Å². The number of hydrogen-bond acceptors (Lipinski definition) is 5. The van der Waals surface area contributed by atoms with Gasteiger partial charge in [0.05, 0.1) is 0 Å². The van der Waals surface area contributed by atoms with Crippen LogP contribution >= 0.6 is 11.6 Å². The van der Waals surface area contributed by atoms with Crippen molar-refractivity contribution in [2.75, 3.05) is 39.3 Å².